The molecule has 3 atom stereocenters. The van der Waals surface area contributed by atoms with E-state index in [9.17, 15) is 5.11 Å². The number of anilines is 2. The smallest absolute Gasteiger partial charge is 0.228 e. The third-order valence-electron chi connectivity index (χ3n) is 7.31. The SMILES string of the molecule is COc1cc2c(NC3CCN(C(C)C)CC3)nc(N3C[C@@H]4C[C@@H]4[C@@H]3CO)nc2cc1I. The average Bonchev–Trinajstić information content (AvgIpc) is 3.43. The van der Waals surface area contributed by atoms with E-state index in [0.29, 0.717) is 23.9 Å². The summed E-state index contributed by atoms with van der Waals surface area (Å²) in [5, 5.41) is 14.7. The number of benzene rings is 1. The molecule has 2 N–H and O–H groups in total. The quantitative estimate of drug-likeness (QED) is 0.548. The lowest BCUT2D eigenvalue weighted by Gasteiger charge is -2.35. The fourth-order valence-electron chi connectivity index (χ4n) is 5.30. The van der Waals surface area contributed by atoms with Gasteiger partial charge in [0.2, 0.25) is 5.95 Å². The van der Waals surface area contributed by atoms with Crippen LogP contribution in [0.1, 0.15) is 33.1 Å². The summed E-state index contributed by atoms with van der Waals surface area (Å²) >= 11 is 2.30. The van der Waals surface area contributed by atoms with Crippen LogP contribution in [-0.2, 0) is 0 Å². The van der Waals surface area contributed by atoms with E-state index < -0.39 is 0 Å². The van der Waals surface area contributed by atoms with Gasteiger partial charge in [-0.05, 0) is 79.7 Å². The molecule has 3 fully saturated rings. The molecule has 3 heterocycles. The minimum absolute atomic E-state index is 0.141. The number of hydrogen-bond acceptors (Lipinski definition) is 7. The Morgan fingerprint density at radius 2 is 2.03 bits per heavy atom. The second kappa shape index (κ2) is 8.51. The molecule has 2 aromatic rings. The molecule has 0 spiro atoms. The lowest BCUT2D eigenvalue weighted by Crippen LogP contribution is -2.42. The first kappa shape index (κ1) is 21.5. The fourth-order valence-corrected chi connectivity index (χ4v) is 5.97. The Morgan fingerprint density at radius 1 is 1.26 bits per heavy atom. The standard InChI is InChI=1S/C23H32IN5O2/c1-13(2)28-6-4-15(5-7-28)25-22-17-9-21(31-3)18(24)10-19(17)26-23(27-22)29-11-14-8-16(14)20(29)12-30/h9-10,13-16,20,30H,4-8,11-12H2,1-3H3,(H,25,26,27)/t14-,16-,20-/m0/s1. The zero-order chi connectivity index (χ0) is 21.7. The Labute approximate surface area is 197 Å². The van der Waals surface area contributed by atoms with Gasteiger partial charge in [-0.3, -0.25) is 0 Å². The number of methoxy groups -OCH3 is 1. The number of likely N-dealkylation sites (tertiary alicyclic amines) is 1. The third-order valence-corrected chi connectivity index (χ3v) is 8.15. The van der Waals surface area contributed by atoms with E-state index >= 15 is 0 Å². The molecule has 7 nitrogen and oxygen atoms in total. The minimum atomic E-state index is 0.141. The van der Waals surface area contributed by atoms with Crippen molar-refractivity contribution in [3.05, 3.63) is 15.7 Å². The first-order chi connectivity index (χ1) is 15.0. The van der Waals surface area contributed by atoms with Gasteiger partial charge in [0.1, 0.15) is 11.6 Å². The summed E-state index contributed by atoms with van der Waals surface area (Å²) in [6.07, 6.45) is 3.44. The van der Waals surface area contributed by atoms with E-state index in [1.54, 1.807) is 7.11 Å². The molecule has 0 bridgehead atoms. The van der Waals surface area contributed by atoms with Crippen LogP contribution < -0.4 is 15.0 Å². The number of nitrogens with zero attached hydrogens (tertiary/aromatic N) is 4. The Bertz CT molecular complexity index is 963. The zero-order valence-electron chi connectivity index (χ0n) is 18.5. The van der Waals surface area contributed by atoms with Crippen molar-refractivity contribution in [2.45, 2.75) is 51.2 Å². The predicted molar refractivity (Wildman–Crippen MR) is 132 cm³/mol. The number of halogens is 1. The predicted octanol–water partition coefficient (Wildman–Crippen LogP) is 3.34. The van der Waals surface area contributed by atoms with Crippen LogP contribution in [0.3, 0.4) is 0 Å². The molecule has 1 saturated carbocycles. The number of piperidine rings is 2. The summed E-state index contributed by atoms with van der Waals surface area (Å²) in [5.74, 6) is 3.75. The maximum atomic E-state index is 9.99. The highest BCUT2D eigenvalue weighted by molar-refractivity contribution is 14.1. The van der Waals surface area contributed by atoms with Crippen molar-refractivity contribution in [1.82, 2.24) is 14.9 Å². The van der Waals surface area contributed by atoms with Gasteiger partial charge >= 0.3 is 0 Å². The summed E-state index contributed by atoms with van der Waals surface area (Å²) in [6.45, 7) is 7.86. The summed E-state index contributed by atoms with van der Waals surface area (Å²) in [7, 11) is 1.70. The normalized spacial score (nSPS) is 26.5. The van der Waals surface area contributed by atoms with Crippen molar-refractivity contribution in [3.63, 3.8) is 0 Å². The van der Waals surface area contributed by atoms with Gasteiger partial charge in [0, 0.05) is 37.1 Å². The Hall–Kier alpha value is -1.39. The third kappa shape index (κ3) is 4.06. The molecule has 3 aliphatic rings. The fraction of sp³-hybridized carbons (Fsp3) is 0.652. The van der Waals surface area contributed by atoms with Crippen molar-refractivity contribution in [3.8, 4) is 5.75 Å². The van der Waals surface area contributed by atoms with Gasteiger partial charge in [0.25, 0.3) is 0 Å². The molecule has 8 heteroatoms. The summed E-state index contributed by atoms with van der Waals surface area (Å²) in [5.41, 5.74) is 0.926. The first-order valence-electron chi connectivity index (χ1n) is 11.4. The van der Waals surface area contributed by atoms with Crippen molar-refractivity contribution in [1.29, 1.82) is 0 Å². The van der Waals surface area contributed by atoms with Gasteiger partial charge in [0.05, 0.1) is 28.8 Å². The average molecular weight is 537 g/mol. The maximum absolute atomic E-state index is 9.99. The van der Waals surface area contributed by atoms with Crippen molar-refractivity contribution < 1.29 is 9.84 Å². The number of aliphatic hydroxyl groups is 1. The Balaban J connectivity index is 1.49. The van der Waals surface area contributed by atoms with Gasteiger partial charge in [-0.25, -0.2) is 4.98 Å². The maximum Gasteiger partial charge on any atom is 0.228 e. The van der Waals surface area contributed by atoms with E-state index in [1.165, 1.54) is 6.42 Å². The topological polar surface area (TPSA) is 73.8 Å². The first-order valence-corrected chi connectivity index (χ1v) is 12.5. The molecule has 0 unspecified atom stereocenters. The largest absolute Gasteiger partial charge is 0.496 e. The molecule has 1 aromatic heterocycles. The van der Waals surface area contributed by atoms with Crippen LogP contribution >= 0.6 is 22.6 Å². The van der Waals surface area contributed by atoms with Gasteiger partial charge in [-0.2, -0.15) is 4.98 Å². The minimum Gasteiger partial charge on any atom is -0.496 e. The number of aliphatic hydroxyl groups excluding tert-OH is 1. The van der Waals surface area contributed by atoms with E-state index in [4.69, 9.17) is 14.7 Å². The van der Waals surface area contributed by atoms with Crippen LogP contribution in [0, 0.1) is 15.4 Å². The molecule has 5 rings (SSSR count). The highest BCUT2D eigenvalue weighted by Crippen LogP contribution is 2.50. The van der Waals surface area contributed by atoms with Crippen molar-refractivity contribution in [2.24, 2.45) is 11.8 Å². The number of rotatable bonds is 6. The Morgan fingerprint density at radius 3 is 2.71 bits per heavy atom. The van der Waals surface area contributed by atoms with Crippen LogP contribution in [-0.4, -0.2) is 71.5 Å². The lowest BCUT2D eigenvalue weighted by atomic mass is 10.0. The van der Waals surface area contributed by atoms with Crippen LogP contribution in [0.5, 0.6) is 5.75 Å². The monoisotopic (exact) mass is 537 g/mol. The molecule has 0 amide bonds. The number of nitrogens with one attached hydrogen (secondary N) is 1. The highest BCUT2D eigenvalue weighted by atomic mass is 127. The van der Waals surface area contributed by atoms with Crippen LogP contribution in [0.4, 0.5) is 11.8 Å². The molecule has 31 heavy (non-hydrogen) atoms. The van der Waals surface area contributed by atoms with Crippen LogP contribution in [0.15, 0.2) is 12.1 Å². The summed E-state index contributed by atoms with van der Waals surface area (Å²) in [6, 6.07) is 5.26. The molecule has 2 aliphatic heterocycles. The van der Waals surface area contributed by atoms with Gasteiger partial charge in [-0.1, -0.05) is 0 Å². The molecule has 0 radical (unpaired) electrons. The molecule has 1 aromatic carbocycles. The number of ether oxygens (including phenoxy) is 1. The second-order valence-corrected chi connectivity index (χ2v) is 10.6. The molecular formula is C23H32IN5O2. The Kier molecular flexibility index (Phi) is 5.89. The van der Waals surface area contributed by atoms with E-state index in [-0.39, 0.29) is 12.6 Å². The van der Waals surface area contributed by atoms with E-state index in [2.05, 4.69) is 63.7 Å². The summed E-state index contributed by atoms with van der Waals surface area (Å²) in [4.78, 5) is 14.7. The highest BCUT2D eigenvalue weighted by Gasteiger charge is 2.53. The van der Waals surface area contributed by atoms with Crippen LogP contribution in [0.2, 0.25) is 0 Å². The lowest BCUT2D eigenvalue weighted by molar-refractivity contribution is 0.177. The second-order valence-electron chi connectivity index (χ2n) is 9.49. The van der Waals surface area contributed by atoms with Crippen LogP contribution in [0.25, 0.3) is 10.9 Å². The number of aromatic nitrogens is 2. The molecular weight excluding hydrogens is 505 g/mol. The van der Waals surface area contributed by atoms with Gasteiger partial charge in [-0.15, -0.1) is 0 Å². The van der Waals surface area contributed by atoms with Gasteiger partial charge in [0.15, 0.2) is 0 Å². The van der Waals surface area contributed by atoms with E-state index in [1.807, 2.05) is 0 Å². The molecule has 1 aliphatic carbocycles. The van der Waals surface area contributed by atoms with Gasteiger partial charge < -0.3 is 25.0 Å². The summed E-state index contributed by atoms with van der Waals surface area (Å²) < 4.78 is 6.62. The molecule has 168 valence electrons. The van der Waals surface area contributed by atoms with Crippen molar-refractivity contribution in [2.75, 3.05) is 43.6 Å². The number of hydrogen-bond donors (Lipinski definition) is 2. The number of fused-ring (bicyclic) bond motifs is 2. The van der Waals surface area contributed by atoms with Crippen molar-refractivity contribution >= 4 is 45.3 Å². The van der Waals surface area contributed by atoms with E-state index in [0.717, 1.165) is 64.5 Å². The zero-order valence-corrected chi connectivity index (χ0v) is 20.7. The molecule has 2 saturated heterocycles.